The van der Waals surface area contributed by atoms with Crippen LogP contribution in [0.2, 0.25) is 0 Å². The Bertz CT molecular complexity index is 997. The molecule has 1 fully saturated rings. The van der Waals surface area contributed by atoms with Crippen molar-refractivity contribution in [1.29, 1.82) is 5.26 Å². The normalized spacial score (nSPS) is 15.3. The van der Waals surface area contributed by atoms with Crippen LogP contribution >= 0.6 is 23.1 Å². The summed E-state index contributed by atoms with van der Waals surface area (Å²) in [5.41, 5.74) is 1.90. The molecule has 4 rings (SSSR count). The lowest BCUT2D eigenvalue weighted by atomic mass is 10.1. The minimum Gasteiger partial charge on any atom is -0.268 e. The molecule has 2 heterocycles. The summed E-state index contributed by atoms with van der Waals surface area (Å²) in [6, 6.07) is 11.7. The molecular weight excluding hydrogens is 338 g/mol. The average molecular weight is 353 g/mol. The zero-order valence-corrected chi connectivity index (χ0v) is 14.7. The van der Waals surface area contributed by atoms with Crippen LogP contribution in [-0.2, 0) is 0 Å². The largest absolute Gasteiger partial charge is 0.268 e. The molecule has 0 saturated heterocycles. The van der Waals surface area contributed by atoms with E-state index in [4.69, 9.17) is 10.2 Å². The van der Waals surface area contributed by atoms with Gasteiger partial charge in [-0.3, -0.25) is 9.36 Å². The molecule has 0 N–H and O–H groups in total. The van der Waals surface area contributed by atoms with Crippen LogP contribution in [0.15, 0.2) is 45.7 Å². The smallest absolute Gasteiger partial charge is 0.267 e. The van der Waals surface area contributed by atoms with Crippen LogP contribution in [0.3, 0.4) is 0 Å². The topological polar surface area (TPSA) is 58.7 Å². The zero-order valence-electron chi connectivity index (χ0n) is 13.1. The van der Waals surface area contributed by atoms with E-state index in [1.807, 2.05) is 37.3 Å². The first-order valence-electron chi connectivity index (χ1n) is 7.85. The number of nitrogens with zero attached hydrogens (tertiary/aromatic N) is 3. The third-order valence-electron chi connectivity index (χ3n) is 4.10. The number of nitriles is 1. The van der Waals surface area contributed by atoms with E-state index in [9.17, 15) is 4.79 Å². The fourth-order valence-electron chi connectivity index (χ4n) is 2.76. The van der Waals surface area contributed by atoms with Gasteiger partial charge >= 0.3 is 0 Å². The highest BCUT2D eigenvalue weighted by molar-refractivity contribution is 8.00. The maximum Gasteiger partial charge on any atom is 0.267 e. The summed E-state index contributed by atoms with van der Waals surface area (Å²) in [6.45, 7) is 1.82. The molecule has 0 spiro atoms. The highest BCUT2D eigenvalue weighted by Crippen LogP contribution is 2.44. The summed E-state index contributed by atoms with van der Waals surface area (Å²) >= 11 is 2.85. The van der Waals surface area contributed by atoms with Crippen LogP contribution in [0.5, 0.6) is 0 Å². The van der Waals surface area contributed by atoms with Crippen LogP contribution in [0.1, 0.15) is 31.2 Å². The van der Waals surface area contributed by atoms with Gasteiger partial charge in [0, 0.05) is 0 Å². The van der Waals surface area contributed by atoms with Crippen LogP contribution in [0, 0.1) is 11.3 Å². The van der Waals surface area contributed by atoms with E-state index >= 15 is 0 Å². The van der Waals surface area contributed by atoms with Crippen molar-refractivity contribution in [2.45, 2.75) is 36.1 Å². The summed E-state index contributed by atoms with van der Waals surface area (Å²) in [7, 11) is 0. The minimum atomic E-state index is -0.271. The number of aromatic nitrogens is 2. The Balaban J connectivity index is 1.99. The number of benzene rings is 1. The zero-order chi connectivity index (χ0) is 16.7. The predicted molar refractivity (Wildman–Crippen MR) is 98.1 cm³/mol. The van der Waals surface area contributed by atoms with Gasteiger partial charge in [-0.15, -0.1) is 11.3 Å². The van der Waals surface area contributed by atoms with E-state index in [0.29, 0.717) is 11.1 Å². The maximum absolute atomic E-state index is 13.3. The molecule has 2 aromatic heterocycles. The fourth-order valence-corrected chi connectivity index (χ4v) is 4.63. The van der Waals surface area contributed by atoms with Crippen LogP contribution in [0.4, 0.5) is 0 Å². The third kappa shape index (κ3) is 2.64. The van der Waals surface area contributed by atoms with Crippen LogP contribution in [0.25, 0.3) is 15.9 Å². The monoisotopic (exact) mass is 353 g/mol. The molecule has 1 unspecified atom stereocenters. The average Bonchev–Trinajstić information content (AvgIpc) is 3.35. The van der Waals surface area contributed by atoms with Gasteiger partial charge in [0.05, 0.1) is 22.4 Å². The van der Waals surface area contributed by atoms with Gasteiger partial charge in [-0.2, -0.15) is 5.26 Å². The molecule has 4 nitrogen and oxygen atoms in total. The van der Waals surface area contributed by atoms with Gasteiger partial charge in [-0.05, 0) is 48.8 Å². The van der Waals surface area contributed by atoms with Gasteiger partial charge in [0.15, 0.2) is 5.16 Å². The third-order valence-corrected chi connectivity index (χ3v) is 5.94. The lowest BCUT2D eigenvalue weighted by Gasteiger charge is -2.13. The van der Waals surface area contributed by atoms with Gasteiger partial charge in [0.1, 0.15) is 4.83 Å². The molecule has 0 bridgehead atoms. The van der Waals surface area contributed by atoms with Gasteiger partial charge in [0.25, 0.3) is 5.56 Å². The van der Waals surface area contributed by atoms with Crippen molar-refractivity contribution in [2.24, 2.45) is 0 Å². The van der Waals surface area contributed by atoms with E-state index in [2.05, 4.69) is 11.4 Å². The summed E-state index contributed by atoms with van der Waals surface area (Å²) in [4.78, 5) is 18.8. The molecular formula is C18H15N3OS2. The number of hydrogen-bond acceptors (Lipinski definition) is 5. The van der Waals surface area contributed by atoms with Gasteiger partial charge < -0.3 is 0 Å². The van der Waals surface area contributed by atoms with E-state index in [0.717, 1.165) is 34.3 Å². The lowest BCUT2D eigenvalue weighted by molar-refractivity contribution is 0.819. The molecule has 1 saturated carbocycles. The Morgan fingerprint density at radius 1 is 1.38 bits per heavy atom. The van der Waals surface area contributed by atoms with Crippen molar-refractivity contribution in [3.05, 3.63) is 51.6 Å². The predicted octanol–water partition coefficient (Wildman–Crippen LogP) is 4.33. The number of para-hydroxylation sites is 1. The number of fused-ring (bicyclic) bond motifs is 1. The van der Waals surface area contributed by atoms with Crippen molar-refractivity contribution < 1.29 is 0 Å². The fraction of sp³-hybridized carbons (Fsp3) is 0.278. The van der Waals surface area contributed by atoms with Crippen molar-refractivity contribution in [3.63, 3.8) is 0 Å². The van der Waals surface area contributed by atoms with E-state index in [-0.39, 0.29) is 10.8 Å². The Morgan fingerprint density at radius 3 is 2.79 bits per heavy atom. The molecule has 1 aliphatic carbocycles. The second kappa shape index (κ2) is 6.08. The molecule has 0 amide bonds. The minimum absolute atomic E-state index is 0.0259. The molecule has 1 aliphatic rings. The van der Waals surface area contributed by atoms with E-state index in [1.165, 1.54) is 23.1 Å². The molecule has 120 valence electrons. The first-order chi connectivity index (χ1) is 11.7. The Labute approximate surface area is 147 Å². The second-order valence-electron chi connectivity index (χ2n) is 5.91. The van der Waals surface area contributed by atoms with Crippen molar-refractivity contribution in [3.8, 4) is 11.8 Å². The molecule has 6 heteroatoms. The Hall–Kier alpha value is -2.10. The van der Waals surface area contributed by atoms with Gasteiger partial charge in [-0.25, -0.2) is 4.98 Å². The van der Waals surface area contributed by atoms with Crippen LogP contribution < -0.4 is 5.56 Å². The molecule has 3 aromatic rings. The van der Waals surface area contributed by atoms with Crippen LogP contribution in [-0.4, -0.2) is 14.8 Å². The quantitative estimate of drug-likeness (QED) is 0.517. The number of rotatable bonds is 4. The van der Waals surface area contributed by atoms with Crippen molar-refractivity contribution in [2.75, 3.05) is 0 Å². The van der Waals surface area contributed by atoms with Crippen molar-refractivity contribution >= 4 is 33.3 Å². The first kappa shape index (κ1) is 15.4. The standard InChI is InChI=1S/C18H15N3OS2/c1-11(9-19)24-18-20-16-15(14(10-23-16)12-7-8-12)17(22)21(18)13-5-3-2-4-6-13/h2-6,10-12H,7-8H2,1H3. The molecule has 0 aliphatic heterocycles. The summed E-state index contributed by atoms with van der Waals surface area (Å²) in [6.07, 6.45) is 2.30. The highest BCUT2D eigenvalue weighted by Gasteiger charge is 2.29. The Morgan fingerprint density at radius 2 is 2.12 bits per heavy atom. The summed E-state index contributed by atoms with van der Waals surface area (Å²) in [5, 5.41) is 12.3. The van der Waals surface area contributed by atoms with Crippen molar-refractivity contribution in [1.82, 2.24) is 9.55 Å². The summed E-state index contributed by atoms with van der Waals surface area (Å²) < 4.78 is 1.65. The SMILES string of the molecule is CC(C#N)Sc1nc2scc(C3CC3)c2c(=O)n1-c1ccccc1. The number of hydrogen-bond donors (Lipinski definition) is 0. The highest BCUT2D eigenvalue weighted by atomic mass is 32.2. The first-order valence-corrected chi connectivity index (χ1v) is 9.61. The molecule has 1 atom stereocenters. The Kier molecular flexibility index (Phi) is 3.91. The van der Waals surface area contributed by atoms with Gasteiger partial charge in [0.2, 0.25) is 0 Å². The molecule has 24 heavy (non-hydrogen) atoms. The summed E-state index contributed by atoms with van der Waals surface area (Å²) in [5.74, 6) is 0.508. The lowest BCUT2D eigenvalue weighted by Crippen LogP contribution is -2.22. The second-order valence-corrected chi connectivity index (χ2v) is 8.07. The molecule has 1 aromatic carbocycles. The van der Waals surface area contributed by atoms with E-state index < -0.39 is 0 Å². The number of thiophene rings is 1. The molecule has 0 radical (unpaired) electrons. The van der Waals surface area contributed by atoms with Gasteiger partial charge in [-0.1, -0.05) is 30.0 Å². The maximum atomic E-state index is 13.3. The number of thioether (sulfide) groups is 1. The van der Waals surface area contributed by atoms with E-state index in [1.54, 1.807) is 4.57 Å².